The Bertz CT molecular complexity index is 1580. The maximum Gasteiger partial charge on any atom is 0.291 e. The van der Waals surface area contributed by atoms with Crippen LogP contribution in [0.4, 0.5) is 14.5 Å². The van der Waals surface area contributed by atoms with Crippen molar-refractivity contribution in [3.63, 3.8) is 0 Å². The summed E-state index contributed by atoms with van der Waals surface area (Å²) in [6.45, 7) is 3.92. The van der Waals surface area contributed by atoms with E-state index in [9.17, 15) is 27.3 Å². The number of fused-ring (bicyclic) bond motifs is 1. The SMILES string of the molecule is CC1(C(=O)N2CCN(c3cc(S(=O)(=O)NC4(C#N)CC4)cc4c3cnn4-c3nnc(C(F)F)s3)CC2)CC1. The third kappa shape index (κ3) is 4.30. The predicted octanol–water partition coefficient (Wildman–Crippen LogP) is 2.60. The number of amides is 1. The molecule has 3 aliphatic rings. The van der Waals surface area contributed by atoms with Crippen molar-refractivity contribution in [2.45, 2.75) is 49.5 Å². The first-order chi connectivity index (χ1) is 18.0. The highest BCUT2D eigenvalue weighted by Crippen LogP contribution is 2.46. The minimum Gasteiger partial charge on any atom is -0.367 e. The van der Waals surface area contributed by atoms with E-state index in [0.29, 0.717) is 66.9 Å². The number of alkyl halides is 2. The second kappa shape index (κ2) is 8.65. The Labute approximate surface area is 221 Å². The third-order valence-electron chi connectivity index (χ3n) is 7.47. The number of piperazine rings is 1. The van der Waals surface area contributed by atoms with Crippen molar-refractivity contribution < 1.29 is 22.0 Å². The summed E-state index contributed by atoms with van der Waals surface area (Å²) in [5.74, 6) is 0.146. The summed E-state index contributed by atoms with van der Waals surface area (Å²) in [6, 6.07) is 4.97. The Morgan fingerprint density at radius 2 is 1.87 bits per heavy atom. The van der Waals surface area contributed by atoms with Crippen LogP contribution in [-0.2, 0) is 14.8 Å². The van der Waals surface area contributed by atoms with E-state index >= 15 is 0 Å². The fourth-order valence-electron chi connectivity index (χ4n) is 4.66. The van der Waals surface area contributed by atoms with Crippen LogP contribution in [0.25, 0.3) is 16.0 Å². The van der Waals surface area contributed by atoms with Gasteiger partial charge in [-0.25, -0.2) is 21.9 Å². The highest BCUT2D eigenvalue weighted by molar-refractivity contribution is 7.89. The third-order valence-corrected chi connectivity index (χ3v) is 9.89. The summed E-state index contributed by atoms with van der Waals surface area (Å²) < 4.78 is 56.8. The van der Waals surface area contributed by atoms with Gasteiger partial charge in [-0.3, -0.25) is 4.79 Å². The molecule has 0 unspecified atom stereocenters. The number of hydrogen-bond acceptors (Lipinski definition) is 9. The van der Waals surface area contributed by atoms with Gasteiger partial charge in [0.25, 0.3) is 6.43 Å². The van der Waals surface area contributed by atoms with Gasteiger partial charge < -0.3 is 9.80 Å². The Morgan fingerprint density at radius 1 is 1.16 bits per heavy atom. The molecule has 0 atom stereocenters. The first kappa shape index (κ1) is 25.1. The average molecular weight is 563 g/mol. The van der Waals surface area contributed by atoms with Crippen LogP contribution in [0, 0.1) is 16.7 Å². The molecule has 2 aromatic heterocycles. The number of rotatable bonds is 7. The van der Waals surface area contributed by atoms with E-state index < -0.39 is 27.0 Å². The lowest BCUT2D eigenvalue weighted by Crippen LogP contribution is -2.50. The van der Waals surface area contributed by atoms with Crippen LogP contribution in [0.1, 0.15) is 44.0 Å². The van der Waals surface area contributed by atoms with Gasteiger partial charge >= 0.3 is 0 Å². The van der Waals surface area contributed by atoms with E-state index in [1.54, 1.807) is 6.20 Å². The number of carbonyl (C=O) groups is 1. The van der Waals surface area contributed by atoms with Crippen LogP contribution in [0.2, 0.25) is 0 Å². The first-order valence-corrected chi connectivity index (χ1v) is 14.5. The molecule has 1 aliphatic heterocycles. The lowest BCUT2D eigenvalue weighted by Gasteiger charge is -2.37. The zero-order valence-corrected chi connectivity index (χ0v) is 22.0. The van der Waals surface area contributed by atoms with E-state index in [4.69, 9.17) is 0 Å². The van der Waals surface area contributed by atoms with Gasteiger partial charge in [-0.2, -0.15) is 15.1 Å². The van der Waals surface area contributed by atoms with Gasteiger partial charge in [0.2, 0.25) is 21.1 Å². The molecule has 200 valence electrons. The minimum atomic E-state index is -4.10. The highest BCUT2D eigenvalue weighted by atomic mass is 32.2. The maximum absolute atomic E-state index is 13.4. The molecule has 38 heavy (non-hydrogen) atoms. The Hall–Kier alpha value is -3.22. The fraction of sp³-hybridized carbons (Fsp3) is 0.522. The van der Waals surface area contributed by atoms with E-state index in [1.807, 2.05) is 22.8 Å². The molecule has 11 nitrogen and oxygen atoms in total. The summed E-state index contributed by atoms with van der Waals surface area (Å²) in [7, 11) is -4.10. The average Bonchev–Trinajstić information content (AvgIpc) is 3.71. The van der Waals surface area contributed by atoms with Crippen molar-refractivity contribution in [1.29, 1.82) is 5.26 Å². The number of nitrogens with one attached hydrogen (secondary N) is 1. The number of anilines is 1. The largest absolute Gasteiger partial charge is 0.367 e. The van der Waals surface area contributed by atoms with Crippen LogP contribution >= 0.6 is 11.3 Å². The zero-order chi connectivity index (χ0) is 26.9. The molecule has 3 heterocycles. The van der Waals surface area contributed by atoms with Crippen molar-refractivity contribution in [1.82, 2.24) is 29.6 Å². The van der Waals surface area contributed by atoms with Gasteiger partial charge in [0.1, 0.15) is 5.54 Å². The second-order valence-corrected chi connectivity index (χ2v) is 13.0. The van der Waals surface area contributed by atoms with Gasteiger partial charge in [-0.05, 0) is 37.8 Å². The smallest absolute Gasteiger partial charge is 0.291 e. The molecule has 0 spiro atoms. The lowest BCUT2D eigenvalue weighted by atomic mass is 10.1. The molecule has 0 radical (unpaired) electrons. The molecule has 1 aromatic carbocycles. The number of halogens is 2. The molecular weight excluding hydrogens is 538 g/mol. The normalized spacial score (nSPS) is 20.1. The van der Waals surface area contributed by atoms with Crippen molar-refractivity contribution in [3.8, 4) is 11.2 Å². The first-order valence-electron chi connectivity index (χ1n) is 12.2. The molecule has 15 heteroatoms. The van der Waals surface area contributed by atoms with Crippen LogP contribution in [-0.4, -0.2) is 70.9 Å². The molecule has 1 saturated heterocycles. The lowest BCUT2D eigenvalue weighted by molar-refractivity contribution is -0.136. The number of benzene rings is 1. The monoisotopic (exact) mass is 562 g/mol. The highest BCUT2D eigenvalue weighted by Gasteiger charge is 2.48. The maximum atomic E-state index is 13.4. The van der Waals surface area contributed by atoms with Crippen LogP contribution < -0.4 is 9.62 Å². The molecule has 1 amide bonds. The molecule has 0 bridgehead atoms. The molecule has 6 rings (SSSR count). The molecule has 3 aromatic rings. The minimum absolute atomic E-state index is 0.0764. The van der Waals surface area contributed by atoms with Crippen molar-refractivity contribution >= 4 is 43.9 Å². The number of carbonyl (C=O) groups excluding carboxylic acids is 1. The molecule has 1 N–H and O–H groups in total. The summed E-state index contributed by atoms with van der Waals surface area (Å²) in [5, 5.41) is 21.3. The molecule has 2 saturated carbocycles. The van der Waals surface area contributed by atoms with Crippen molar-refractivity contribution in [2.75, 3.05) is 31.1 Å². The quantitative estimate of drug-likeness (QED) is 0.464. The number of nitrogens with zero attached hydrogens (tertiary/aromatic N) is 7. The molecule has 2 aliphatic carbocycles. The second-order valence-electron chi connectivity index (χ2n) is 10.3. The van der Waals surface area contributed by atoms with Crippen LogP contribution in [0.5, 0.6) is 0 Å². The summed E-state index contributed by atoms with van der Waals surface area (Å²) in [6.07, 6.45) is 1.37. The van der Waals surface area contributed by atoms with Gasteiger partial charge in [-0.15, -0.1) is 10.2 Å². The van der Waals surface area contributed by atoms with Gasteiger partial charge in [0, 0.05) is 42.7 Å². The van der Waals surface area contributed by atoms with Gasteiger partial charge in [0.15, 0.2) is 5.01 Å². The van der Waals surface area contributed by atoms with E-state index in [-0.39, 0.29) is 21.3 Å². The predicted molar refractivity (Wildman–Crippen MR) is 134 cm³/mol. The summed E-state index contributed by atoms with van der Waals surface area (Å²) in [5.41, 5.74) is -0.455. The zero-order valence-electron chi connectivity index (χ0n) is 20.4. The number of nitriles is 1. The standard InChI is InChI=1S/C23H24F2N8O3S2/c1-22(2-3-22)20(34)32-8-6-31(7-9-32)16-10-14(38(35,36)30-23(13-26)4-5-23)11-17-15(16)12-27-33(17)21-29-28-19(37-21)18(24)25/h10-12,18,30H,2-9H2,1H3. The van der Waals surface area contributed by atoms with Crippen molar-refractivity contribution in [2.24, 2.45) is 5.41 Å². The number of aromatic nitrogens is 4. The molecule has 3 fully saturated rings. The summed E-state index contributed by atoms with van der Waals surface area (Å²) in [4.78, 5) is 16.6. The van der Waals surface area contributed by atoms with E-state index in [1.165, 1.54) is 16.8 Å². The van der Waals surface area contributed by atoms with Gasteiger partial charge in [0.05, 0.1) is 22.7 Å². The fourth-order valence-corrected chi connectivity index (χ4v) is 6.75. The topological polar surface area (TPSA) is 137 Å². The Morgan fingerprint density at radius 3 is 2.45 bits per heavy atom. The Balaban J connectivity index is 1.39. The molecular formula is C23H24F2N8O3S2. The van der Waals surface area contributed by atoms with Crippen molar-refractivity contribution in [3.05, 3.63) is 23.3 Å². The van der Waals surface area contributed by atoms with Crippen LogP contribution in [0.3, 0.4) is 0 Å². The Kier molecular flexibility index (Phi) is 5.71. The summed E-state index contributed by atoms with van der Waals surface area (Å²) >= 11 is 0.666. The van der Waals surface area contributed by atoms with Gasteiger partial charge in [-0.1, -0.05) is 18.3 Å². The van der Waals surface area contributed by atoms with Crippen LogP contribution in [0.15, 0.2) is 23.2 Å². The van der Waals surface area contributed by atoms with E-state index in [2.05, 4.69) is 20.0 Å². The number of sulfonamides is 1. The van der Waals surface area contributed by atoms with E-state index in [0.717, 1.165) is 12.8 Å². The number of hydrogen-bond donors (Lipinski definition) is 1.